The molecule has 7 heteroatoms. The molecule has 0 fully saturated rings. The minimum absolute atomic E-state index is 0.203. The van der Waals surface area contributed by atoms with Gasteiger partial charge >= 0.3 is 0 Å². The zero-order chi connectivity index (χ0) is 20.4. The summed E-state index contributed by atoms with van der Waals surface area (Å²) < 4.78 is 7.13. The summed E-state index contributed by atoms with van der Waals surface area (Å²) in [4.78, 5) is 21.7. The summed E-state index contributed by atoms with van der Waals surface area (Å²) in [5.74, 6) is 1.28. The predicted molar refractivity (Wildman–Crippen MR) is 112 cm³/mol. The fourth-order valence-electron chi connectivity index (χ4n) is 3.20. The van der Waals surface area contributed by atoms with E-state index in [9.17, 15) is 4.79 Å². The van der Waals surface area contributed by atoms with Crippen LogP contribution in [0.3, 0.4) is 0 Å². The Bertz CT molecular complexity index is 1170. The van der Waals surface area contributed by atoms with Crippen molar-refractivity contribution in [1.29, 1.82) is 0 Å². The minimum Gasteiger partial charge on any atom is -0.497 e. The van der Waals surface area contributed by atoms with Gasteiger partial charge in [0.25, 0.3) is 5.91 Å². The van der Waals surface area contributed by atoms with Crippen LogP contribution in [0, 0.1) is 0 Å². The summed E-state index contributed by atoms with van der Waals surface area (Å²) in [5.41, 5.74) is 2.18. The number of fused-ring (bicyclic) bond motifs is 1. The molecule has 1 atom stereocenters. The molecule has 0 aliphatic rings. The average Bonchev–Trinajstić information content (AvgIpc) is 3.17. The van der Waals surface area contributed by atoms with Crippen molar-refractivity contribution < 1.29 is 9.53 Å². The summed E-state index contributed by atoms with van der Waals surface area (Å²) in [7, 11) is 3.52. The second-order valence-electron chi connectivity index (χ2n) is 6.62. The lowest BCUT2D eigenvalue weighted by Gasteiger charge is -2.19. The number of nitrogens with zero attached hydrogens (tertiary/aromatic N) is 3. The highest BCUT2D eigenvalue weighted by molar-refractivity contribution is 6.29. The lowest BCUT2D eigenvalue weighted by molar-refractivity contribution is 0.0941. The lowest BCUT2D eigenvalue weighted by atomic mass is 10.0. The number of pyridine rings is 1. The molecule has 0 saturated heterocycles. The Morgan fingerprint density at radius 1 is 1.14 bits per heavy atom. The monoisotopic (exact) mass is 406 g/mol. The normalized spacial score (nSPS) is 12.0. The van der Waals surface area contributed by atoms with Crippen molar-refractivity contribution >= 4 is 28.4 Å². The summed E-state index contributed by atoms with van der Waals surface area (Å²) in [6.45, 7) is 0. The minimum atomic E-state index is -0.410. The third-order valence-electron chi connectivity index (χ3n) is 4.76. The molecule has 2 aromatic heterocycles. The van der Waals surface area contributed by atoms with Gasteiger partial charge in [-0.1, -0.05) is 23.7 Å². The van der Waals surface area contributed by atoms with Crippen LogP contribution >= 0.6 is 11.6 Å². The van der Waals surface area contributed by atoms with Gasteiger partial charge in [-0.25, -0.2) is 9.97 Å². The number of carbonyl (C=O) groups excluding carboxylic acids is 1. The Kier molecular flexibility index (Phi) is 5.18. The van der Waals surface area contributed by atoms with E-state index in [1.54, 1.807) is 37.6 Å². The van der Waals surface area contributed by atoms with Gasteiger partial charge < -0.3 is 14.6 Å². The maximum atomic E-state index is 13.0. The Balaban J connectivity index is 1.67. The Morgan fingerprint density at radius 2 is 1.93 bits per heavy atom. The molecule has 4 rings (SSSR count). The smallest absolute Gasteiger partial charge is 0.252 e. The molecule has 6 nitrogen and oxygen atoms in total. The number of benzene rings is 2. The molecule has 1 N–H and O–H groups in total. The second kappa shape index (κ2) is 7.93. The first kappa shape index (κ1) is 19.0. The first-order chi connectivity index (χ1) is 14.0. The number of imidazole rings is 1. The highest BCUT2D eigenvalue weighted by Gasteiger charge is 2.21. The van der Waals surface area contributed by atoms with E-state index in [2.05, 4.69) is 15.3 Å². The molecule has 146 valence electrons. The number of aryl methyl sites for hydroxylation is 1. The number of methoxy groups -OCH3 is 1. The fourth-order valence-corrected chi connectivity index (χ4v) is 3.36. The molecular formula is C22H19ClN4O2. The van der Waals surface area contributed by atoms with E-state index in [1.807, 2.05) is 48.1 Å². The van der Waals surface area contributed by atoms with Crippen LogP contribution in [0.15, 0.2) is 67.0 Å². The molecule has 2 aromatic carbocycles. The molecule has 0 spiro atoms. The number of aromatic nitrogens is 3. The van der Waals surface area contributed by atoms with E-state index in [4.69, 9.17) is 16.3 Å². The van der Waals surface area contributed by atoms with Gasteiger partial charge in [0.2, 0.25) is 0 Å². The maximum absolute atomic E-state index is 13.0. The van der Waals surface area contributed by atoms with Gasteiger partial charge in [0.1, 0.15) is 22.8 Å². The molecule has 29 heavy (non-hydrogen) atoms. The van der Waals surface area contributed by atoms with E-state index >= 15 is 0 Å². The Hall–Kier alpha value is -3.38. The van der Waals surface area contributed by atoms with Gasteiger partial charge in [-0.15, -0.1) is 0 Å². The van der Waals surface area contributed by atoms with Crippen LogP contribution in [0.4, 0.5) is 0 Å². The molecule has 0 saturated carbocycles. The second-order valence-corrected chi connectivity index (χ2v) is 7.00. The van der Waals surface area contributed by atoms with Gasteiger partial charge in [-0.3, -0.25) is 4.79 Å². The van der Waals surface area contributed by atoms with Gasteiger partial charge in [0.15, 0.2) is 0 Å². The van der Waals surface area contributed by atoms with Crippen LogP contribution in [-0.4, -0.2) is 27.6 Å². The predicted octanol–water partition coefficient (Wildman–Crippen LogP) is 4.15. The zero-order valence-electron chi connectivity index (χ0n) is 16.0. The lowest BCUT2D eigenvalue weighted by Crippen LogP contribution is -2.31. The molecule has 1 amide bonds. The van der Waals surface area contributed by atoms with Gasteiger partial charge in [0.05, 0.1) is 12.6 Å². The van der Waals surface area contributed by atoms with E-state index in [-0.39, 0.29) is 5.91 Å². The standard InChI is InChI=1S/C22H19ClN4O2/c1-27-12-11-24-21(27)20(14-3-7-17(29-2)8-4-14)26-22(28)16-5-9-18-15(13-16)6-10-19(23)25-18/h3-13,20H,1-2H3,(H,26,28). The van der Waals surface area contributed by atoms with Gasteiger partial charge in [-0.05, 0) is 48.0 Å². The summed E-state index contributed by atoms with van der Waals surface area (Å²) in [6.07, 6.45) is 3.56. The van der Waals surface area contributed by atoms with E-state index in [1.165, 1.54) is 0 Å². The fraction of sp³-hybridized carbons (Fsp3) is 0.136. The highest BCUT2D eigenvalue weighted by atomic mass is 35.5. The van der Waals surface area contributed by atoms with Crippen molar-refractivity contribution in [2.45, 2.75) is 6.04 Å². The summed E-state index contributed by atoms with van der Waals surface area (Å²) in [6, 6.07) is 16.1. The van der Waals surface area contributed by atoms with Crippen molar-refractivity contribution in [2.24, 2.45) is 7.05 Å². The number of ether oxygens (including phenoxy) is 1. The van der Waals surface area contributed by atoms with Crippen LogP contribution in [0.25, 0.3) is 10.9 Å². The number of amides is 1. The van der Waals surface area contributed by atoms with E-state index in [0.717, 1.165) is 28.0 Å². The Labute approximate surface area is 173 Å². The highest BCUT2D eigenvalue weighted by Crippen LogP contribution is 2.24. The third kappa shape index (κ3) is 3.93. The molecular weight excluding hydrogens is 388 g/mol. The number of halogens is 1. The van der Waals surface area contributed by atoms with Crippen molar-refractivity contribution in [3.63, 3.8) is 0 Å². The maximum Gasteiger partial charge on any atom is 0.252 e. The molecule has 0 aliphatic carbocycles. The number of rotatable bonds is 5. The third-order valence-corrected chi connectivity index (χ3v) is 4.97. The average molecular weight is 407 g/mol. The Morgan fingerprint density at radius 3 is 2.62 bits per heavy atom. The molecule has 0 bridgehead atoms. The number of hydrogen-bond acceptors (Lipinski definition) is 4. The van der Waals surface area contributed by atoms with Gasteiger partial charge in [0, 0.05) is 30.4 Å². The van der Waals surface area contributed by atoms with Crippen molar-refractivity contribution in [2.75, 3.05) is 7.11 Å². The zero-order valence-corrected chi connectivity index (χ0v) is 16.7. The summed E-state index contributed by atoms with van der Waals surface area (Å²) >= 11 is 5.94. The molecule has 0 aliphatic heterocycles. The van der Waals surface area contributed by atoms with Crippen LogP contribution in [0.5, 0.6) is 5.75 Å². The SMILES string of the molecule is COc1ccc(C(NC(=O)c2ccc3nc(Cl)ccc3c2)c2nccn2C)cc1. The van der Waals surface area contributed by atoms with Crippen molar-refractivity contribution in [1.82, 2.24) is 19.9 Å². The number of hydrogen-bond donors (Lipinski definition) is 1. The van der Waals surface area contributed by atoms with Crippen molar-refractivity contribution in [3.8, 4) is 5.75 Å². The quantitative estimate of drug-likeness (QED) is 0.505. The number of carbonyl (C=O) groups is 1. The van der Waals surface area contributed by atoms with Crippen LogP contribution < -0.4 is 10.1 Å². The van der Waals surface area contributed by atoms with Crippen LogP contribution in [-0.2, 0) is 7.05 Å². The first-order valence-electron chi connectivity index (χ1n) is 9.03. The van der Waals surface area contributed by atoms with E-state index in [0.29, 0.717) is 10.7 Å². The van der Waals surface area contributed by atoms with Crippen LogP contribution in [0.2, 0.25) is 5.15 Å². The van der Waals surface area contributed by atoms with Gasteiger partial charge in [-0.2, -0.15) is 0 Å². The first-order valence-corrected chi connectivity index (χ1v) is 9.41. The van der Waals surface area contributed by atoms with E-state index < -0.39 is 6.04 Å². The van der Waals surface area contributed by atoms with Crippen molar-refractivity contribution in [3.05, 3.63) is 89.1 Å². The summed E-state index contributed by atoms with van der Waals surface area (Å²) in [5, 5.41) is 4.36. The largest absolute Gasteiger partial charge is 0.497 e. The molecule has 2 heterocycles. The molecule has 1 unspecified atom stereocenters. The molecule has 4 aromatic rings. The topological polar surface area (TPSA) is 69.0 Å². The molecule has 0 radical (unpaired) electrons. The number of nitrogens with one attached hydrogen (secondary N) is 1. The van der Waals surface area contributed by atoms with Crippen LogP contribution in [0.1, 0.15) is 27.8 Å².